The third-order valence-corrected chi connectivity index (χ3v) is 4.90. The minimum Gasteiger partial charge on any atom is -0.274 e. The summed E-state index contributed by atoms with van der Waals surface area (Å²) in [6, 6.07) is 13.7. The number of amides is 4. The van der Waals surface area contributed by atoms with Crippen molar-refractivity contribution in [2.75, 3.05) is 6.54 Å². The van der Waals surface area contributed by atoms with Gasteiger partial charge in [-0.25, -0.2) is 0 Å². The van der Waals surface area contributed by atoms with E-state index in [-0.39, 0.29) is 31.2 Å². The minimum absolute atomic E-state index is 0.0412. The first-order valence-electron chi connectivity index (χ1n) is 9.43. The second-order valence-electron chi connectivity index (χ2n) is 6.81. The molecule has 0 fully saturated rings. The molecule has 4 rings (SSSR count). The third kappa shape index (κ3) is 3.62. The number of hydrazine groups is 1. The van der Waals surface area contributed by atoms with E-state index in [0.717, 1.165) is 5.39 Å². The zero-order chi connectivity index (χ0) is 21.1. The summed E-state index contributed by atoms with van der Waals surface area (Å²) >= 11 is 0. The molecular formula is C22H18N4O4. The molecule has 0 radical (unpaired) electrons. The minimum atomic E-state index is -0.461. The van der Waals surface area contributed by atoms with E-state index in [9.17, 15) is 19.2 Å². The number of hydrogen-bond acceptors (Lipinski definition) is 5. The van der Waals surface area contributed by atoms with E-state index >= 15 is 0 Å². The fraction of sp³-hybridized carbons (Fsp3) is 0.136. The summed E-state index contributed by atoms with van der Waals surface area (Å²) in [4.78, 5) is 54.5. The standard InChI is InChI=1S/C22H18N4O4/c27-18(24-25-20(28)15-9-11-23-12-10-15)8-3-13-26-21(29)16-6-1-4-14-5-2-7-17(19(14)16)22(26)30/h1-2,4-7,9-12H,3,8,13H2,(H,24,27)(H,25,28). The Balaban J connectivity index is 1.34. The molecule has 0 saturated heterocycles. The predicted octanol–water partition coefficient (Wildman–Crippen LogP) is 2.07. The molecule has 150 valence electrons. The summed E-state index contributed by atoms with van der Waals surface area (Å²) in [5, 5.41) is 1.51. The Morgan fingerprint density at radius 3 is 2.13 bits per heavy atom. The van der Waals surface area contributed by atoms with Gasteiger partial charge in [0, 0.05) is 47.4 Å². The summed E-state index contributed by atoms with van der Waals surface area (Å²) in [5.74, 6) is -1.61. The second-order valence-corrected chi connectivity index (χ2v) is 6.81. The van der Waals surface area contributed by atoms with Crippen LogP contribution >= 0.6 is 0 Å². The van der Waals surface area contributed by atoms with Gasteiger partial charge in [0.15, 0.2) is 0 Å². The fourth-order valence-electron chi connectivity index (χ4n) is 3.45. The molecular weight excluding hydrogens is 384 g/mol. The SMILES string of the molecule is O=C(CCCN1C(=O)c2cccc3cccc(c23)C1=O)NNC(=O)c1ccncc1. The molecule has 1 aliphatic heterocycles. The first-order valence-corrected chi connectivity index (χ1v) is 9.43. The number of nitrogens with one attached hydrogen (secondary N) is 2. The van der Waals surface area contributed by atoms with Crippen LogP contribution in [-0.4, -0.2) is 40.1 Å². The van der Waals surface area contributed by atoms with Gasteiger partial charge in [0.1, 0.15) is 0 Å². The Hall–Kier alpha value is -4.07. The molecule has 2 heterocycles. The van der Waals surface area contributed by atoms with Crippen molar-refractivity contribution in [3.63, 3.8) is 0 Å². The van der Waals surface area contributed by atoms with Crippen molar-refractivity contribution in [1.82, 2.24) is 20.7 Å². The lowest BCUT2D eigenvalue weighted by Gasteiger charge is -2.27. The Morgan fingerprint density at radius 2 is 1.50 bits per heavy atom. The van der Waals surface area contributed by atoms with Crippen molar-refractivity contribution >= 4 is 34.4 Å². The van der Waals surface area contributed by atoms with Crippen LogP contribution in [0.2, 0.25) is 0 Å². The molecule has 0 bridgehead atoms. The van der Waals surface area contributed by atoms with Crippen LogP contribution in [0.3, 0.4) is 0 Å². The Morgan fingerprint density at radius 1 is 0.867 bits per heavy atom. The van der Waals surface area contributed by atoms with Crippen LogP contribution in [0.5, 0.6) is 0 Å². The zero-order valence-corrected chi connectivity index (χ0v) is 15.9. The molecule has 0 spiro atoms. The average molecular weight is 402 g/mol. The molecule has 2 N–H and O–H groups in total. The van der Waals surface area contributed by atoms with E-state index in [1.807, 2.05) is 12.1 Å². The maximum absolute atomic E-state index is 12.8. The summed E-state index contributed by atoms with van der Waals surface area (Å²) in [6.45, 7) is 0.105. The number of rotatable bonds is 5. The first kappa shape index (κ1) is 19.3. The van der Waals surface area contributed by atoms with Crippen molar-refractivity contribution in [1.29, 1.82) is 0 Å². The lowest BCUT2D eigenvalue weighted by Crippen LogP contribution is -2.43. The molecule has 8 heteroatoms. The van der Waals surface area contributed by atoms with Crippen molar-refractivity contribution in [3.8, 4) is 0 Å². The molecule has 3 aromatic rings. The van der Waals surface area contributed by atoms with Gasteiger partial charge in [-0.05, 0) is 36.1 Å². The molecule has 1 aromatic heterocycles. The normalized spacial score (nSPS) is 12.7. The molecule has 8 nitrogen and oxygen atoms in total. The van der Waals surface area contributed by atoms with E-state index in [0.29, 0.717) is 22.1 Å². The van der Waals surface area contributed by atoms with Crippen LogP contribution in [0.4, 0.5) is 0 Å². The summed E-state index contributed by atoms with van der Waals surface area (Å²) < 4.78 is 0. The summed E-state index contributed by atoms with van der Waals surface area (Å²) in [6.07, 6.45) is 3.26. The highest BCUT2D eigenvalue weighted by molar-refractivity contribution is 6.25. The number of carbonyl (C=O) groups is 4. The highest BCUT2D eigenvalue weighted by Gasteiger charge is 2.32. The number of carbonyl (C=O) groups excluding carboxylic acids is 4. The highest BCUT2D eigenvalue weighted by Crippen LogP contribution is 2.29. The number of nitrogens with zero attached hydrogens (tertiary/aromatic N) is 2. The van der Waals surface area contributed by atoms with Crippen LogP contribution < -0.4 is 10.9 Å². The van der Waals surface area contributed by atoms with Crippen molar-refractivity contribution in [2.45, 2.75) is 12.8 Å². The van der Waals surface area contributed by atoms with E-state index in [1.54, 1.807) is 24.3 Å². The zero-order valence-electron chi connectivity index (χ0n) is 15.9. The maximum atomic E-state index is 12.8. The Bertz CT molecular complexity index is 1110. The van der Waals surface area contributed by atoms with Gasteiger partial charge in [-0.1, -0.05) is 24.3 Å². The quantitative estimate of drug-likeness (QED) is 0.502. The van der Waals surface area contributed by atoms with Crippen LogP contribution in [0.1, 0.15) is 43.9 Å². The Labute approximate surface area is 171 Å². The smallest absolute Gasteiger partial charge is 0.269 e. The molecule has 0 aliphatic carbocycles. The highest BCUT2D eigenvalue weighted by atomic mass is 16.2. The second kappa shape index (κ2) is 8.12. The van der Waals surface area contributed by atoms with Gasteiger partial charge >= 0.3 is 0 Å². The third-order valence-electron chi connectivity index (χ3n) is 4.90. The summed E-state index contributed by atoms with van der Waals surface area (Å²) in [5.41, 5.74) is 5.97. The van der Waals surface area contributed by atoms with E-state index in [2.05, 4.69) is 15.8 Å². The van der Waals surface area contributed by atoms with Gasteiger partial charge in [-0.3, -0.25) is 39.9 Å². The van der Waals surface area contributed by atoms with Crippen LogP contribution in [0.25, 0.3) is 10.8 Å². The molecule has 30 heavy (non-hydrogen) atoms. The molecule has 4 amide bonds. The molecule has 2 aromatic carbocycles. The maximum Gasteiger partial charge on any atom is 0.269 e. The average Bonchev–Trinajstić information content (AvgIpc) is 2.78. The van der Waals surface area contributed by atoms with E-state index < -0.39 is 11.8 Å². The number of aromatic nitrogens is 1. The number of pyridine rings is 1. The molecule has 0 saturated carbocycles. The number of imide groups is 1. The first-order chi connectivity index (χ1) is 14.6. The van der Waals surface area contributed by atoms with Crippen LogP contribution in [0, 0.1) is 0 Å². The van der Waals surface area contributed by atoms with Crippen molar-refractivity contribution in [2.24, 2.45) is 0 Å². The van der Waals surface area contributed by atoms with E-state index in [4.69, 9.17) is 0 Å². The van der Waals surface area contributed by atoms with Gasteiger partial charge in [-0.15, -0.1) is 0 Å². The fourth-order valence-corrected chi connectivity index (χ4v) is 3.45. The van der Waals surface area contributed by atoms with Crippen LogP contribution in [0.15, 0.2) is 60.9 Å². The molecule has 0 atom stereocenters. The largest absolute Gasteiger partial charge is 0.274 e. The van der Waals surface area contributed by atoms with Crippen molar-refractivity contribution in [3.05, 3.63) is 77.6 Å². The predicted molar refractivity (Wildman–Crippen MR) is 108 cm³/mol. The topological polar surface area (TPSA) is 108 Å². The van der Waals surface area contributed by atoms with Crippen LogP contribution in [-0.2, 0) is 4.79 Å². The van der Waals surface area contributed by atoms with Gasteiger partial charge in [0.2, 0.25) is 5.91 Å². The number of benzene rings is 2. The molecule has 1 aliphatic rings. The Kier molecular flexibility index (Phi) is 5.21. The van der Waals surface area contributed by atoms with Gasteiger partial charge in [0.05, 0.1) is 0 Å². The molecule has 0 unspecified atom stereocenters. The lowest BCUT2D eigenvalue weighted by molar-refractivity contribution is -0.122. The number of hydrogen-bond donors (Lipinski definition) is 2. The van der Waals surface area contributed by atoms with Gasteiger partial charge < -0.3 is 0 Å². The van der Waals surface area contributed by atoms with Gasteiger partial charge in [-0.2, -0.15) is 0 Å². The summed E-state index contributed by atoms with van der Waals surface area (Å²) in [7, 11) is 0. The lowest BCUT2D eigenvalue weighted by atomic mass is 9.94. The van der Waals surface area contributed by atoms with E-state index in [1.165, 1.54) is 29.4 Å². The van der Waals surface area contributed by atoms with Crippen molar-refractivity contribution < 1.29 is 19.2 Å². The monoisotopic (exact) mass is 402 g/mol. The van der Waals surface area contributed by atoms with Gasteiger partial charge in [0.25, 0.3) is 17.7 Å².